The first-order chi connectivity index (χ1) is 5.42. The molecule has 2 heterocycles. The highest BCUT2D eigenvalue weighted by Gasteiger charge is 2.00. The van der Waals surface area contributed by atoms with Crippen LogP contribution in [0.15, 0.2) is 18.5 Å². The quantitative estimate of drug-likeness (QED) is 0.618. The number of aromatic nitrogens is 3. The van der Waals surface area contributed by atoms with Crippen LogP contribution in [-0.2, 0) is 6.61 Å². The molecule has 0 unspecified atom stereocenters. The van der Waals surface area contributed by atoms with Crippen molar-refractivity contribution >= 4 is 10.9 Å². The van der Waals surface area contributed by atoms with E-state index >= 15 is 0 Å². The first-order valence-electron chi connectivity index (χ1n) is 3.29. The predicted molar refractivity (Wildman–Crippen MR) is 39.8 cm³/mol. The van der Waals surface area contributed by atoms with Crippen molar-refractivity contribution in [2.75, 3.05) is 0 Å². The van der Waals surface area contributed by atoms with Crippen molar-refractivity contribution in [2.45, 2.75) is 6.61 Å². The summed E-state index contributed by atoms with van der Waals surface area (Å²) in [6, 6.07) is 1.85. The maximum absolute atomic E-state index is 8.84. The number of aromatic amines is 1. The lowest BCUT2D eigenvalue weighted by Gasteiger charge is -1.94. The first-order valence-corrected chi connectivity index (χ1v) is 3.29. The Bertz CT molecular complexity index is 368. The van der Waals surface area contributed by atoms with Gasteiger partial charge in [-0.25, -0.2) is 0 Å². The molecule has 2 rings (SSSR count). The molecule has 0 radical (unpaired) electrons. The van der Waals surface area contributed by atoms with Crippen LogP contribution in [0.2, 0.25) is 0 Å². The number of aliphatic hydroxyl groups excluding tert-OH is 1. The number of hydrogen-bond donors (Lipinski definition) is 2. The Balaban J connectivity index is 2.79. The molecule has 0 saturated carbocycles. The average Bonchev–Trinajstić information content (AvgIpc) is 2.50. The molecule has 0 bridgehead atoms. The fourth-order valence-electron chi connectivity index (χ4n) is 1.04. The van der Waals surface area contributed by atoms with E-state index in [-0.39, 0.29) is 6.61 Å². The van der Waals surface area contributed by atoms with Crippen LogP contribution in [0.5, 0.6) is 0 Å². The Hall–Kier alpha value is -1.42. The summed E-state index contributed by atoms with van der Waals surface area (Å²) in [6.07, 6.45) is 3.36. The van der Waals surface area contributed by atoms with E-state index in [0.717, 1.165) is 10.9 Å². The highest BCUT2D eigenvalue weighted by molar-refractivity contribution is 5.79. The second-order valence-electron chi connectivity index (χ2n) is 2.25. The van der Waals surface area contributed by atoms with Crippen LogP contribution in [-0.4, -0.2) is 20.3 Å². The molecular formula is C7H7N3O. The lowest BCUT2D eigenvalue weighted by atomic mass is 10.3. The smallest absolute Gasteiger partial charge is 0.0914 e. The fraction of sp³-hybridized carbons (Fsp3) is 0.143. The molecule has 0 aliphatic heterocycles. The standard InChI is InChI=1S/C7H7N3O/c11-4-6-7-5(1-2-8-6)3-9-10-7/h1-3,11H,4H2,(H,9,10). The molecule has 2 N–H and O–H groups in total. The number of rotatable bonds is 1. The largest absolute Gasteiger partial charge is 0.390 e. The molecule has 0 saturated heterocycles. The number of fused-ring (bicyclic) bond motifs is 1. The van der Waals surface area contributed by atoms with E-state index in [9.17, 15) is 0 Å². The van der Waals surface area contributed by atoms with E-state index in [0.29, 0.717) is 5.69 Å². The minimum atomic E-state index is -0.0560. The van der Waals surface area contributed by atoms with Crippen LogP contribution in [0, 0.1) is 0 Å². The molecule has 0 fully saturated rings. The number of nitrogens with zero attached hydrogens (tertiary/aromatic N) is 2. The van der Waals surface area contributed by atoms with Crippen molar-refractivity contribution in [3.8, 4) is 0 Å². The van der Waals surface area contributed by atoms with Crippen LogP contribution in [0.1, 0.15) is 5.69 Å². The maximum atomic E-state index is 8.84. The molecule has 4 heteroatoms. The highest BCUT2D eigenvalue weighted by atomic mass is 16.3. The topological polar surface area (TPSA) is 61.8 Å². The third kappa shape index (κ3) is 0.877. The summed E-state index contributed by atoms with van der Waals surface area (Å²) in [6.45, 7) is -0.0560. The summed E-state index contributed by atoms with van der Waals surface area (Å²) in [5.41, 5.74) is 1.45. The molecule has 0 spiro atoms. The van der Waals surface area contributed by atoms with Crippen LogP contribution < -0.4 is 0 Å². The minimum Gasteiger partial charge on any atom is -0.390 e. The van der Waals surface area contributed by atoms with Gasteiger partial charge in [-0.2, -0.15) is 5.10 Å². The Morgan fingerprint density at radius 1 is 1.55 bits per heavy atom. The molecule has 11 heavy (non-hydrogen) atoms. The Labute approximate surface area is 62.9 Å². The van der Waals surface area contributed by atoms with E-state index in [1.807, 2.05) is 6.07 Å². The SMILES string of the molecule is OCc1nccc2cn[nH]c12. The van der Waals surface area contributed by atoms with Gasteiger partial charge in [0.2, 0.25) is 0 Å². The van der Waals surface area contributed by atoms with Crippen molar-refractivity contribution in [3.63, 3.8) is 0 Å². The summed E-state index contributed by atoms with van der Waals surface area (Å²) in [5, 5.41) is 16.4. The van der Waals surface area contributed by atoms with Crippen LogP contribution in [0.4, 0.5) is 0 Å². The van der Waals surface area contributed by atoms with Crippen molar-refractivity contribution in [1.82, 2.24) is 15.2 Å². The molecule has 4 nitrogen and oxygen atoms in total. The third-order valence-corrected chi connectivity index (χ3v) is 1.59. The van der Waals surface area contributed by atoms with Gasteiger partial charge in [-0.1, -0.05) is 0 Å². The summed E-state index contributed by atoms with van der Waals surface area (Å²) in [7, 11) is 0. The molecule has 0 amide bonds. The van der Waals surface area contributed by atoms with Gasteiger partial charge in [-0.05, 0) is 6.07 Å². The molecule has 0 aliphatic carbocycles. The Morgan fingerprint density at radius 2 is 2.45 bits per heavy atom. The summed E-state index contributed by atoms with van der Waals surface area (Å²) < 4.78 is 0. The number of pyridine rings is 1. The van der Waals surface area contributed by atoms with Gasteiger partial charge in [0, 0.05) is 11.6 Å². The molecule has 2 aromatic rings. The van der Waals surface area contributed by atoms with E-state index in [2.05, 4.69) is 15.2 Å². The van der Waals surface area contributed by atoms with Gasteiger partial charge in [-0.3, -0.25) is 10.1 Å². The monoisotopic (exact) mass is 149 g/mol. The van der Waals surface area contributed by atoms with Crippen molar-refractivity contribution < 1.29 is 5.11 Å². The Morgan fingerprint density at radius 3 is 3.27 bits per heavy atom. The van der Waals surface area contributed by atoms with E-state index in [1.165, 1.54) is 0 Å². The van der Waals surface area contributed by atoms with Crippen molar-refractivity contribution in [3.05, 3.63) is 24.2 Å². The molecule has 0 atom stereocenters. The predicted octanol–water partition coefficient (Wildman–Crippen LogP) is 0.450. The summed E-state index contributed by atoms with van der Waals surface area (Å²) in [4.78, 5) is 3.98. The minimum absolute atomic E-state index is 0.0560. The fourth-order valence-corrected chi connectivity index (χ4v) is 1.04. The van der Waals surface area contributed by atoms with Crippen molar-refractivity contribution in [1.29, 1.82) is 0 Å². The molecule has 0 aliphatic rings. The van der Waals surface area contributed by atoms with Gasteiger partial charge >= 0.3 is 0 Å². The zero-order valence-corrected chi connectivity index (χ0v) is 5.78. The van der Waals surface area contributed by atoms with Crippen LogP contribution in [0.25, 0.3) is 10.9 Å². The van der Waals surface area contributed by atoms with Crippen LogP contribution in [0.3, 0.4) is 0 Å². The summed E-state index contributed by atoms with van der Waals surface area (Å²) in [5.74, 6) is 0. The average molecular weight is 149 g/mol. The lowest BCUT2D eigenvalue weighted by molar-refractivity contribution is 0.278. The molecule has 2 aromatic heterocycles. The van der Waals surface area contributed by atoms with Gasteiger partial charge < -0.3 is 5.11 Å². The second kappa shape index (κ2) is 2.32. The van der Waals surface area contributed by atoms with Crippen molar-refractivity contribution in [2.24, 2.45) is 0 Å². The Kier molecular flexibility index (Phi) is 1.33. The van der Waals surface area contributed by atoms with Gasteiger partial charge in [0.05, 0.1) is 24.0 Å². The van der Waals surface area contributed by atoms with Gasteiger partial charge in [0.25, 0.3) is 0 Å². The zero-order chi connectivity index (χ0) is 7.68. The second-order valence-corrected chi connectivity index (χ2v) is 2.25. The molecular weight excluding hydrogens is 142 g/mol. The van der Waals surface area contributed by atoms with E-state index < -0.39 is 0 Å². The summed E-state index contributed by atoms with van der Waals surface area (Å²) >= 11 is 0. The maximum Gasteiger partial charge on any atom is 0.0914 e. The number of nitrogens with one attached hydrogen (secondary N) is 1. The highest BCUT2D eigenvalue weighted by Crippen LogP contribution is 2.11. The van der Waals surface area contributed by atoms with E-state index in [4.69, 9.17) is 5.11 Å². The van der Waals surface area contributed by atoms with Gasteiger partial charge in [-0.15, -0.1) is 0 Å². The number of H-pyrrole nitrogens is 1. The molecule has 0 aromatic carbocycles. The number of hydrogen-bond acceptors (Lipinski definition) is 3. The van der Waals surface area contributed by atoms with Gasteiger partial charge in [0.15, 0.2) is 0 Å². The van der Waals surface area contributed by atoms with Crippen LogP contribution >= 0.6 is 0 Å². The molecule has 56 valence electrons. The third-order valence-electron chi connectivity index (χ3n) is 1.59. The lowest BCUT2D eigenvalue weighted by Crippen LogP contribution is -1.89. The zero-order valence-electron chi connectivity index (χ0n) is 5.78. The number of aliphatic hydroxyl groups is 1. The van der Waals surface area contributed by atoms with Gasteiger partial charge in [0.1, 0.15) is 0 Å². The first kappa shape index (κ1) is 6.30. The van der Waals surface area contributed by atoms with E-state index in [1.54, 1.807) is 12.4 Å². The normalized spacial score (nSPS) is 10.6.